The van der Waals surface area contributed by atoms with Crippen LogP contribution < -0.4 is 5.32 Å². The Hall–Kier alpha value is -1.86. The van der Waals surface area contributed by atoms with Crippen LogP contribution in [0.25, 0.3) is 0 Å². The predicted molar refractivity (Wildman–Crippen MR) is 73.3 cm³/mol. The molecule has 0 radical (unpaired) electrons. The number of rotatable bonds is 4. The standard InChI is InChI=1S/C11H9ClN4O2S/c1-19-9-3-2-6(5-13-9)14-7-4-8(12)15-16-10(7)11(17)18/h2-5H,1H3,(H,14,15)(H,17,18). The van der Waals surface area contributed by atoms with Crippen LogP contribution in [0.15, 0.2) is 29.4 Å². The Morgan fingerprint density at radius 3 is 2.79 bits per heavy atom. The smallest absolute Gasteiger partial charge is 0.358 e. The van der Waals surface area contributed by atoms with E-state index >= 15 is 0 Å². The number of aromatic nitrogens is 3. The summed E-state index contributed by atoms with van der Waals surface area (Å²) in [6.45, 7) is 0. The van der Waals surface area contributed by atoms with Crippen LogP contribution in [0.1, 0.15) is 10.5 Å². The van der Waals surface area contributed by atoms with E-state index < -0.39 is 5.97 Å². The van der Waals surface area contributed by atoms with Crippen molar-refractivity contribution in [3.63, 3.8) is 0 Å². The highest BCUT2D eigenvalue weighted by Gasteiger charge is 2.14. The lowest BCUT2D eigenvalue weighted by atomic mass is 10.3. The van der Waals surface area contributed by atoms with Crippen molar-refractivity contribution >= 4 is 40.7 Å². The van der Waals surface area contributed by atoms with Crippen LogP contribution in [0.5, 0.6) is 0 Å². The molecule has 0 bridgehead atoms. The van der Waals surface area contributed by atoms with Crippen LogP contribution >= 0.6 is 23.4 Å². The minimum absolute atomic E-state index is 0.112. The number of nitrogens with one attached hydrogen (secondary N) is 1. The van der Waals surface area contributed by atoms with Crippen molar-refractivity contribution in [1.82, 2.24) is 15.2 Å². The van der Waals surface area contributed by atoms with Crippen LogP contribution in [0.3, 0.4) is 0 Å². The molecule has 2 aromatic rings. The maximum atomic E-state index is 11.0. The molecular weight excluding hydrogens is 288 g/mol. The summed E-state index contributed by atoms with van der Waals surface area (Å²) in [6.07, 6.45) is 3.52. The number of thioether (sulfide) groups is 1. The van der Waals surface area contributed by atoms with E-state index in [1.54, 1.807) is 12.3 Å². The van der Waals surface area contributed by atoms with Crippen molar-refractivity contribution in [2.45, 2.75) is 5.03 Å². The summed E-state index contributed by atoms with van der Waals surface area (Å²) in [4.78, 5) is 15.2. The molecule has 2 rings (SSSR count). The third-order valence-electron chi connectivity index (χ3n) is 2.19. The Morgan fingerprint density at radius 2 is 2.21 bits per heavy atom. The van der Waals surface area contributed by atoms with Gasteiger partial charge in [0.2, 0.25) is 0 Å². The van der Waals surface area contributed by atoms with Gasteiger partial charge in [0.15, 0.2) is 10.8 Å². The number of carboxylic acid groups (broad SMARTS) is 1. The highest BCUT2D eigenvalue weighted by molar-refractivity contribution is 7.98. The summed E-state index contributed by atoms with van der Waals surface area (Å²) in [5.41, 5.74) is 0.717. The molecule has 0 aromatic carbocycles. The fourth-order valence-electron chi connectivity index (χ4n) is 1.35. The quantitative estimate of drug-likeness (QED) is 0.839. The van der Waals surface area contributed by atoms with Crippen LogP contribution in [0, 0.1) is 0 Å². The molecule has 0 spiro atoms. The van der Waals surface area contributed by atoms with E-state index in [-0.39, 0.29) is 16.5 Å². The number of nitrogens with zero attached hydrogens (tertiary/aromatic N) is 3. The monoisotopic (exact) mass is 296 g/mol. The highest BCUT2D eigenvalue weighted by atomic mass is 35.5. The molecule has 2 aromatic heterocycles. The van der Waals surface area contributed by atoms with E-state index in [1.165, 1.54) is 17.8 Å². The van der Waals surface area contributed by atoms with Crippen molar-refractivity contribution in [3.05, 3.63) is 35.2 Å². The first-order valence-corrected chi connectivity index (χ1v) is 6.74. The van der Waals surface area contributed by atoms with E-state index in [4.69, 9.17) is 16.7 Å². The van der Waals surface area contributed by atoms with Gasteiger partial charge in [0.1, 0.15) is 0 Å². The van der Waals surface area contributed by atoms with E-state index in [2.05, 4.69) is 20.5 Å². The van der Waals surface area contributed by atoms with Gasteiger partial charge < -0.3 is 10.4 Å². The largest absolute Gasteiger partial charge is 0.476 e. The molecule has 0 saturated carbocycles. The first-order valence-electron chi connectivity index (χ1n) is 5.13. The second kappa shape index (κ2) is 5.85. The molecule has 0 aliphatic heterocycles. The number of hydrogen-bond donors (Lipinski definition) is 2. The van der Waals surface area contributed by atoms with Gasteiger partial charge in [-0.25, -0.2) is 9.78 Å². The van der Waals surface area contributed by atoms with E-state index in [0.717, 1.165) is 5.03 Å². The molecule has 2 N–H and O–H groups in total. The summed E-state index contributed by atoms with van der Waals surface area (Å²) < 4.78 is 0. The molecule has 0 amide bonds. The molecule has 6 nitrogen and oxygen atoms in total. The van der Waals surface area contributed by atoms with Crippen molar-refractivity contribution < 1.29 is 9.90 Å². The third kappa shape index (κ3) is 3.33. The molecule has 0 aliphatic carbocycles. The van der Waals surface area contributed by atoms with Gasteiger partial charge in [-0.05, 0) is 18.4 Å². The summed E-state index contributed by atoms with van der Waals surface area (Å²) >= 11 is 7.23. The van der Waals surface area contributed by atoms with Gasteiger partial charge in [-0.3, -0.25) is 0 Å². The molecule has 19 heavy (non-hydrogen) atoms. The molecule has 0 fully saturated rings. The molecular formula is C11H9ClN4O2S. The van der Waals surface area contributed by atoms with Gasteiger partial charge in [-0.1, -0.05) is 11.6 Å². The van der Waals surface area contributed by atoms with Gasteiger partial charge >= 0.3 is 5.97 Å². The lowest BCUT2D eigenvalue weighted by Crippen LogP contribution is -2.07. The summed E-state index contributed by atoms with van der Waals surface area (Å²) in [7, 11) is 0. The molecule has 0 atom stereocenters. The maximum absolute atomic E-state index is 11.0. The van der Waals surface area contributed by atoms with Crippen LogP contribution in [-0.2, 0) is 0 Å². The molecule has 8 heteroatoms. The van der Waals surface area contributed by atoms with Crippen LogP contribution in [0.2, 0.25) is 5.15 Å². The topological polar surface area (TPSA) is 88.0 Å². The maximum Gasteiger partial charge on any atom is 0.358 e. The third-order valence-corrected chi connectivity index (χ3v) is 3.04. The first kappa shape index (κ1) is 13.6. The van der Waals surface area contributed by atoms with E-state index in [9.17, 15) is 4.79 Å². The zero-order chi connectivity index (χ0) is 13.8. The lowest BCUT2D eigenvalue weighted by Gasteiger charge is -2.08. The second-order valence-corrected chi connectivity index (χ2v) is 4.66. The minimum atomic E-state index is -1.18. The lowest BCUT2D eigenvalue weighted by molar-refractivity contribution is 0.0690. The number of carboxylic acids is 1. The van der Waals surface area contributed by atoms with Crippen LogP contribution in [-0.4, -0.2) is 32.5 Å². The normalized spacial score (nSPS) is 10.2. The van der Waals surface area contributed by atoms with Gasteiger partial charge in [0, 0.05) is 6.07 Å². The molecule has 0 aliphatic rings. The predicted octanol–water partition coefficient (Wildman–Crippen LogP) is 2.69. The number of aromatic carboxylic acids is 1. The fourth-order valence-corrected chi connectivity index (χ4v) is 1.86. The number of carbonyl (C=O) groups is 1. The van der Waals surface area contributed by atoms with Gasteiger partial charge in [0.25, 0.3) is 0 Å². The van der Waals surface area contributed by atoms with Gasteiger partial charge in [0.05, 0.1) is 22.6 Å². The van der Waals surface area contributed by atoms with Crippen molar-refractivity contribution in [3.8, 4) is 0 Å². The Labute approximate surface area is 118 Å². The summed E-state index contributed by atoms with van der Waals surface area (Å²) in [5.74, 6) is -1.18. The Kier molecular flexibility index (Phi) is 4.18. The zero-order valence-electron chi connectivity index (χ0n) is 9.79. The Balaban J connectivity index is 2.31. The summed E-state index contributed by atoms with van der Waals surface area (Å²) in [5, 5.41) is 19.9. The van der Waals surface area contributed by atoms with Crippen molar-refractivity contribution in [2.24, 2.45) is 0 Å². The number of anilines is 2. The number of pyridine rings is 1. The number of hydrogen-bond acceptors (Lipinski definition) is 6. The average Bonchev–Trinajstić information content (AvgIpc) is 2.39. The SMILES string of the molecule is CSc1ccc(Nc2cc(Cl)nnc2C(=O)O)cn1. The van der Waals surface area contributed by atoms with Crippen LogP contribution in [0.4, 0.5) is 11.4 Å². The van der Waals surface area contributed by atoms with Gasteiger partial charge in [-0.2, -0.15) is 0 Å². The molecule has 98 valence electrons. The first-order chi connectivity index (χ1) is 9.10. The zero-order valence-corrected chi connectivity index (χ0v) is 11.4. The summed E-state index contributed by atoms with van der Waals surface area (Å²) in [6, 6.07) is 5.02. The Bertz CT molecular complexity index is 606. The minimum Gasteiger partial charge on any atom is -0.476 e. The van der Waals surface area contributed by atoms with Gasteiger partial charge in [-0.15, -0.1) is 22.0 Å². The highest BCUT2D eigenvalue weighted by Crippen LogP contribution is 2.22. The van der Waals surface area contributed by atoms with E-state index in [0.29, 0.717) is 5.69 Å². The Morgan fingerprint density at radius 1 is 1.42 bits per heavy atom. The molecule has 2 heterocycles. The van der Waals surface area contributed by atoms with Crippen molar-refractivity contribution in [2.75, 3.05) is 11.6 Å². The molecule has 0 unspecified atom stereocenters. The average molecular weight is 297 g/mol. The second-order valence-electron chi connectivity index (χ2n) is 3.45. The number of halogens is 1. The van der Waals surface area contributed by atoms with Crippen molar-refractivity contribution in [1.29, 1.82) is 0 Å². The molecule has 0 saturated heterocycles. The fraction of sp³-hybridized carbons (Fsp3) is 0.0909. The van der Waals surface area contributed by atoms with E-state index in [1.807, 2.05) is 12.3 Å².